The van der Waals surface area contributed by atoms with Gasteiger partial charge in [-0.1, -0.05) is 0 Å². The molecule has 0 radical (unpaired) electrons. The summed E-state index contributed by atoms with van der Waals surface area (Å²) in [6, 6.07) is 2.24. The fraction of sp³-hybridized carbons (Fsp3) is 0.636. The van der Waals surface area contributed by atoms with Crippen LogP contribution in [0, 0.1) is 0 Å². The summed E-state index contributed by atoms with van der Waals surface area (Å²) >= 11 is 1.62. The molecule has 2 heterocycles. The van der Waals surface area contributed by atoms with Crippen LogP contribution in [0.1, 0.15) is 18.9 Å². The molecule has 0 amide bonds. The van der Waals surface area contributed by atoms with Crippen LogP contribution in [0.15, 0.2) is 16.8 Å². The van der Waals surface area contributed by atoms with Crippen molar-refractivity contribution in [3.05, 3.63) is 22.4 Å². The zero-order chi connectivity index (χ0) is 10.7. The summed E-state index contributed by atoms with van der Waals surface area (Å²) < 4.78 is 5.37. The fourth-order valence-electron chi connectivity index (χ4n) is 1.92. The zero-order valence-corrected chi connectivity index (χ0v) is 9.72. The highest BCUT2D eigenvalue weighted by Gasteiger charge is 2.28. The van der Waals surface area contributed by atoms with Crippen molar-refractivity contribution in [3.8, 4) is 0 Å². The summed E-state index contributed by atoms with van der Waals surface area (Å²) in [5, 5.41) is 17.7. The van der Waals surface area contributed by atoms with E-state index in [4.69, 9.17) is 4.74 Å². The lowest BCUT2D eigenvalue weighted by atomic mass is 9.91. The molecule has 0 bridgehead atoms. The predicted octanol–water partition coefficient (Wildman–Crippen LogP) is 1.33. The van der Waals surface area contributed by atoms with E-state index in [1.807, 2.05) is 23.8 Å². The van der Waals surface area contributed by atoms with Gasteiger partial charge in [0.25, 0.3) is 0 Å². The largest absolute Gasteiger partial charge is 0.385 e. The van der Waals surface area contributed by atoms with E-state index in [-0.39, 0.29) is 6.04 Å². The molecule has 84 valence electrons. The molecule has 1 aliphatic heterocycles. The van der Waals surface area contributed by atoms with Gasteiger partial charge in [0, 0.05) is 12.6 Å². The van der Waals surface area contributed by atoms with Gasteiger partial charge in [-0.3, -0.25) is 0 Å². The van der Waals surface area contributed by atoms with Gasteiger partial charge in [-0.25, -0.2) is 0 Å². The molecule has 1 aliphatic rings. The average Bonchev–Trinajstić information content (AvgIpc) is 2.71. The van der Waals surface area contributed by atoms with Gasteiger partial charge < -0.3 is 15.2 Å². The summed E-state index contributed by atoms with van der Waals surface area (Å²) in [5.41, 5.74) is 0.248. The third kappa shape index (κ3) is 2.78. The summed E-state index contributed by atoms with van der Waals surface area (Å²) in [6.07, 6.45) is 0.698. The van der Waals surface area contributed by atoms with Crippen molar-refractivity contribution in [1.29, 1.82) is 0 Å². The quantitative estimate of drug-likeness (QED) is 0.818. The fourth-order valence-corrected chi connectivity index (χ4v) is 2.70. The molecule has 1 aromatic heterocycles. The van der Waals surface area contributed by atoms with Crippen molar-refractivity contribution in [2.24, 2.45) is 0 Å². The first-order chi connectivity index (χ1) is 7.18. The van der Waals surface area contributed by atoms with E-state index >= 15 is 0 Å². The second-order valence-electron chi connectivity index (χ2n) is 4.22. The summed E-state index contributed by atoms with van der Waals surface area (Å²) in [7, 11) is 0. The maximum absolute atomic E-state index is 10.3. The SMILES string of the molecule is CC(O)(CC1COCCN1)c1ccsc1. The maximum Gasteiger partial charge on any atom is 0.0892 e. The Labute approximate surface area is 94.1 Å². The molecule has 0 aliphatic carbocycles. The van der Waals surface area contributed by atoms with Crippen molar-refractivity contribution in [2.75, 3.05) is 19.8 Å². The van der Waals surface area contributed by atoms with Gasteiger partial charge >= 0.3 is 0 Å². The second-order valence-corrected chi connectivity index (χ2v) is 5.00. The van der Waals surface area contributed by atoms with E-state index in [0.29, 0.717) is 13.0 Å². The Balaban J connectivity index is 1.97. The normalized spacial score (nSPS) is 26.1. The predicted molar refractivity (Wildman–Crippen MR) is 61.1 cm³/mol. The number of thiophene rings is 1. The zero-order valence-electron chi connectivity index (χ0n) is 8.90. The second kappa shape index (κ2) is 4.61. The van der Waals surface area contributed by atoms with Gasteiger partial charge in [-0.15, -0.1) is 0 Å². The topological polar surface area (TPSA) is 41.5 Å². The Bertz CT molecular complexity index is 292. The molecule has 0 saturated carbocycles. The third-order valence-electron chi connectivity index (χ3n) is 2.79. The van der Waals surface area contributed by atoms with Crippen molar-refractivity contribution >= 4 is 11.3 Å². The van der Waals surface area contributed by atoms with Crippen molar-refractivity contribution in [1.82, 2.24) is 5.32 Å². The van der Waals surface area contributed by atoms with E-state index in [2.05, 4.69) is 5.32 Å². The van der Waals surface area contributed by atoms with Gasteiger partial charge in [-0.05, 0) is 35.7 Å². The molecular weight excluding hydrogens is 210 g/mol. The van der Waals surface area contributed by atoms with Gasteiger partial charge in [0.15, 0.2) is 0 Å². The highest BCUT2D eigenvalue weighted by atomic mass is 32.1. The Morgan fingerprint density at radius 3 is 3.20 bits per heavy atom. The van der Waals surface area contributed by atoms with Crippen LogP contribution in [0.4, 0.5) is 0 Å². The first-order valence-electron chi connectivity index (χ1n) is 5.25. The minimum atomic E-state index is -0.752. The smallest absolute Gasteiger partial charge is 0.0892 e. The van der Waals surface area contributed by atoms with E-state index in [1.165, 1.54) is 0 Å². The third-order valence-corrected chi connectivity index (χ3v) is 3.47. The van der Waals surface area contributed by atoms with E-state index < -0.39 is 5.60 Å². The highest BCUT2D eigenvalue weighted by Crippen LogP contribution is 2.28. The van der Waals surface area contributed by atoms with Crippen LogP contribution >= 0.6 is 11.3 Å². The van der Waals surface area contributed by atoms with Crippen LogP contribution in [0.5, 0.6) is 0 Å². The van der Waals surface area contributed by atoms with Crippen LogP contribution < -0.4 is 5.32 Å². The molecule has 2 N–H and O–H groups in total. The Kier molecular flexibility index (Phi) is 3.41. The molecule has 1 aromatic rings. The molecule has 4 heteroatoms. The summed E-state index contributed by atoms with van der Waals surface area (Å²) in [6.45, 7) is 4.22. The van der Waals surface area contributed by atoms with Crippen LogP contribution in [0.3, 0.4) is 0 Å². The summed E-state index contributed by atoms with van der Waals surface area (Å²) in [4.78, 5) is 0. The molecule has 0 spiro atoms. The van der Waals surface area contributed by atoms with Crippen LogP contribution in [-0.2, 0) is 10.3 Å². The molecule has 1 fully saturated rings. The van der Waals surface area contributed by atoms with E-state index in [0.717, 1.165) is 18.7 Å². The van der Waals surface area contributed by atoms with Crippen molar-refractivity contribution < 1.29 is 9.84 Å². The highest BCUT2D eigenvalue weighted by molar-refractivity contribution is 7.08. The van der Waals surface area contributed by atoms with Gasteiger partial charge in [-0.2, -0.15) is 11.3 Å². The molecule has 2 unspecified atom stereocenters. The number of rotatable bonds is 3. The average molecular weight is 227 g/mol. The molecule has 2 rings (SSSR count). The van der Waals surface area contributed by atoms with Crippen LogP contribution in [0.25, 0.3) is 0 Å². The number of hydrogen-bond acceptors (Lipinski definition) is 4. The van der Waals surface area contributed by atoms with Gasteiger partial charge in [0.1, 0.15) is 0 Å². The lowest BCUT2D eigenvalue weighted by Crippen LogP contribution is -2.45. The van der Waals surface area contributed by atoms with Crippen LogP contribution in [-0.4, -0.2) is 30.9 Å². The first-order valence-corrected chi connectivity index (χ1v) is 6.19. The minimum Gasteiger partial charge on any atom is -0.385 e. The number of morpholine rings is 1. The lowest BCUT2D eigenvalue weighted by Gasteiger charge is -2.31. The molecule has 2 atom stereocenters. The Morgan fingerprint density at radius 2 is 2.60 bits per heavy atom. The number of hydrogen-bond donors (Lipinski definition) is 2. The monoisotopic (exact) mass is 227 g/mol. The lowest BCUT2D eigenvalue weighted by molar-refractivity contribution is 0.00348. The number of nitrogens with one attached hydrogen (secondary N) is 1. The Hall–Kier alpha value is -0.420. The standard InChI is InChI=1S/C11H17NO2S/c1-11(13,9-2-5-15-8-9)6-10-7-14-4-3-12-10/h2,5,8,10,12-13H,3-4,6-7H2,1H3. The minimum absolute atomic E-state index is 0.258. The summed E-state index contributed by atoms with van der Waals surface area (Å²) in [5.74, 6) is 0. The molecule has 1 saturated heterocycles. The number of ether oxygens (including phenoxy) is 1. The van der Waals surface area contributed by atoms with E-state index in [9.17, 15) is 5.11 Å². The van der Waals surface area contributed by atoms with Crippen LogP contribution in [0.2, 0.25) is 0 Å². The molecule has 0 aromatic carbocycles. The molecule has 15 heavy (non-hydrogen) atoms. The van der Waals surface area contributed by atoms with Crippen molar-refractivity contribution in [2.45, 2.75) is 25.0 Å². The molecule has 3 nitrogen and oxygen atoms in total. The van der Waals surface area contributed by atoms with Crippen molar-refractivity contribution in [3.63, 3.8) is 0 Å². The maximum atomic E-state index is 10.3. The Morgan fingerprint density at radius 1 is 1.73 bits per heavy atom. The first kappa shape index (κ1) is 11.1. The van der Waals surface area contributed by atoms with Gasteiger partial charge in [0.2, 0.25) is 0 Å². The van der Waals surface area contributed by atoms with E-state index in [1.54, 1.807) is 11.3 Å². The molecular formula is C11H17NO2S. The van der Waals surface area contributed by atoms with Gasteiger partial charge in [0.05, 0.1) is 18.8 Å². The number of aliphatic hydroxyl groups is 1.